The van der Waals surface area contributed by atoms with Crippen LogP contribution in [0, 0.1) is 12.8 Å². The van der Waals surface area contributed by atoms with Gasteiger partial charge in [-0.05, 0) is 74.1 Å². The molecule has 3 aromatic rings. The summed E-state index contributed by atoms with van der Waals surface area (Å²) in [5.74, 6) is 0.539. The predicted molar refractivity (Wildman–Crippen MR) is 139 cm³/mol. The van der Waals surface area contributed by atoms with E-state index in [9.17, 15) is 9.59 Å². The Morgan fingerprint density at radius 2 is 1.74 bits per heavy atom. The third-order valence-electron chi connectivity index (χ3n) is 6.60. The van der Waals surface area contributed by atoms with Gasteiger partial charge in [0.2, 0.25) is 0 Å². The van der Waals surface area contributed by atoms with Crippen molar-refractivity contribution in [1.82, 2.24) is 10.6 Å². The highest BCUT2D eigenvalue weighted by Crippen LogP contribution is 2.25. The molecule has 0 radical (unpaired) electrons. The fourth-order valence-corrected chi connectivity index (χ4v) is 4.29. The lowest BCUT2D eigenvalue weighted by Crippen LogP contribution is -2.36. The Labute approximate surface area is 207 Å². The highest BCUT2D eigenvalue weighted by molar-refractivity contribution is 6.05. The molecule has 2 N–H and O–H groups in total. The average molecular weight is 472 g/mol. The van der Waals surface area contributed by atoms with Gasteiger partial charge in [0.25, 0.3) is 11.8 Å². The monoisotopic (exact) mass is 471 g/mol. The maximum atomic E-state index is 13.2. The van der Waals surface area contributed by atoms with Gasteiger partial charge in [0.1, 0.15) is 11.5 Å². The molecule has 4 rings (SSSR count). The number of aryl methyl sites for hydroxylation is 1. The van der Waals surface area contributed by atoms with Gasteiger partial charge in [-0.15, -0.1) is 0 Å². The van der Waals surface area contributed by atoms with Crippen LogP contribution >= 0.6 is 0 Å². The molecule has 6 nitrogen and oxygen atoms in total. The molecule has 2 amide bonds. The lowest BCUT2D eigenvalue weighted by Gasteiger charge is -2.32. The molecular formula is C29H33N3O3. The van der Waals surface area contributed by atoms with E-state index in [2.05, 4.69) is 46.7 Å². The molecule has 2 aromatic carbocycles. The highest BCUT2D eigenvalue weighted by Gasteiger charge is 2.20. The number of nitrogens with one attached hydrogen (secondary N) is 2. The zero-order valence-electron chi connectivity index (χ0n) is 20.6. The van der Waals surface area contributed by atoms with Gasteiger partial charge in [-0.3, -0.25) is 9.59 Å². The molecule has 0 bridgehead atoms. The lowest BCUT2D eigenvalue weighted by molar-refractivity contribution is -0.118. The molecular weight excluding hydrogens is 438 g/mol. The van der Waals surface area contributed by atoms with Gasteiger partial charge >= 0.3 is 0 Å². The van der Waals surface area contributed by atoms with Crippen molar-refractivity contribution in [3.8, 4) is 0 Å². The summed E-state index contributed by atoms with van der Waals surface area (Å²) < 4.78 is 5.38. The van der Waals surface area contributed by atoms with Crippen LogP contribution in [0.15, 0.2) is 77.0 Å². The van der Waals surface area contributed by atoms with Crippen molar-refractivity contribution < 1.29 is 14.0 Å². The number of hydrogen-bond acceptors (Lipinski definition) is 4. The molecule has 1 saturated heterocycles. The number of piperidine rings is 1. The Bertz CT molecular complexity index is 1170. The van der Waals surface area contributed by atoms with Crippen molar-refractivity contribution in [2.24, 2.45) is 5.92 Å². The molecule has 2 heterocycles. The van der Waals surface area contributed by atoms with Crippen LogP contribution in [0.4, 0.5) is 5.69 Å². The second-order valence-corrected chi connectivity index (χ2v) is 9.30. The van der Waals surface area contributed by atoms with E-state index >= 15 is 0 Å². The lowest BCUT2D eigenvalue weighted by atomic mass is 9.98. The van der Waals surface area contributed by atoms with Crippen LogP contribution in [0.3, 0.4) is 0 Å². The van der Waals surface area contributed by atoms with Crippen LogP contribution in [0.1, 0.15) is 60.0 Å². The van der Waals surface area contributed by atoms with E-state index in [1.165, 1.54) is 24.8 Å². The van der Waals surface area contributed by atoms with E-state index in [4.69, 9.17) is 4.42 Å². The van der Waals surface area contributed by atoms with Gasteiger partial charge in [-0.1, -0.05) is 37.3 Å². The average Bonchev–Trinajstić information content (AvgIpc) is 3.37. The first-order chi connectivity index (χ1) is 16.9. The van der Waals surface area contributed by atoms with Gasteiger partial charge in [0, 0.05) is 30.4 Å². The maximum absolute atomic E-state index is 13.2. The summed E-state index contributed by atoms with van der Waals surface area (Å²) in [6.45, 7) is 8.26. The number of rotatable bonds is 7. The quantitative estimate of drug-likeness (QED) is 0.448. The first-order valence-electron chi connectivity index (χ1n) is 12.2. The molecule has 35 heavy (non-hydrogen) atoms. The maximum Gasteiger partial charge on any atom is 0.268 e. The summed E-state index contributed by atoms with van der Waals surface area (Å²) >= 11 is 0. The van der Waals surface area contributed by atoms with Crippen LogP contribution in [-0.2, 0) is 4.79 Å². The summed E-state index contributed by atoms with van der Waals surface area (Å²) in [5.41, 5.74) is 3.68. The van der Waals surface area contributed by atoms with Gasteiger partial charge in [-0.2, -0.15) is 0 Å². The topological polar surface area (TPSA) is 74.6 Å². The van der Waals surface area contributed by atoms with Crippen molar-refractivity contribution >= 4 is 23.6 Å². The number of benzene rings is 2. The molecule has 182 valence electrons. The number of carbonyl (C=O) groups is 2. The minimum atomic E-state index is -0.384. The molecule has 1 aromatic heterocycles. The van der Waals surface area contributed by atoms with Crippen LogP contribution in [0.25, 0.3) is 6.08 Å². The molecule has 1 unspecified atom stereocenters. The van der Waals surface area contributed by atoms with E-state index in [1.807, 2.05) is 26.0 Å². The number of amides is 2. The predicted octanol–water partition coefficient (Wildman–Crippen LogP) is 5.47. The van der Waals surface area contributed by atoms with Crippen molar-refractivity contribution in [3.63, 3.8) is 0 Å². The molecule has 1 aliphatic heterocycles. The number of carbonyl (C=O) groups excluding carboxylic acids is 2. The smallest absolute Gasteiger partial charge is 0.268 e. The van der Waals surface area contributed by atoms with E-state index in [0.717, 1.165) is 30.1 Å². The minimum Gasteiger partial charge on any atom is -0.465 e. The molecule has 1 fully saturated rings. The molecule has 0 aliphatic carbocycles. The summed E-state index contributed by atoms with van der Waals surface area (Å²) in [6, 6.07) is 18.8. The van der Waals surface area contributed by atoms with E-state index < -0.39 is 0 Å². The number of furan rings is 1. The fourth-order valence-electron chi connectivity index (χ4n) is 4.29. The zero-order valence-corrected chi connectivity index (χ0v) is 20.6. The Morgan fingerprint density at radius 1 is 1.03 bits per heavy atom. The summed E-state index contributed by atoms with van der Waals surface area (Å²) in [6.07, 6.45) is 5.50. The Morgan fingerprint density at radius 3 is 2.40 bits per heavy atom. The van der Waals surface area contributed by atoms with Crippen molar-refractivity contribution in [2.45, 2.75) is 39.7 Å². The van der Waals surface area contributed by atoms with E-state index in [0.29, 0.717) is 11.3 Å². The third-order valence-corrected chi connectivity index (χ3v) is 6.60. The highest BCUT2D eigenvalue weighted by atomic mass is 16.3. The number of anilines is 1. The minimum absolute atomic E-state index is 0.124. The first kappa shape index (κ1) is 24.3. The Hall–Kier alpha value is -3.80. The first-order valence-corrected chi connectivity index (χ1v) is 12.2. The standard InChI is InChI=1S/C29H33N3O3/c1-20-14-16-32(17-15-20)24-12-10-23(11-13-24)22(3)30-29(34)27(19-25-8-6-18-35-25)31-28(33)26-9-5-4-7-21(26)2/h4-13,18-20,22H,14-17H2,1-3H3,(H,30,34)(H,31,33)/b27-19-. The molecule has 1 atom stereocenters. The second kappa shape index (κ2) is 11.1. The summed E-state index contributed by atoms with van der Waals surface area (Å²) in [4.78, 5) is 28.5. The van der Waals surface area contributed by atoms with Crippen LogP contribution < -0.4 is 15.5 Å². The van der Waals surface area contributed by atoms with Crippen molar-refractivity contribution in [3.05, 3.63) is 95.1 Å². The molecule has 6 heteroatoms. The number of hydrogen-bond donors (Lipinski definition) is 2. The summed E-state index contributed by atoms with van der Waals surface area (Å²) in [7, 11) is 0. The molecule has 0 spiro atoms. The van der Waals surface area contributed by atoms with Crippen LogP contribution in [0.2, 0.25) is 0 Å². The van der Waals surface area contributed by atoms with Crippen LogP contribution in [0.5, 0.6) is 0 Å². The second-order valence-electron chi connectivity index (χ2n) is 9.30. The Kier molecular flexibility index (Phi) is 7.70. The molecule has 1 aliphatic rings. The SMILES string of the molecule is Cc1ccccc1C(=O)N/C(=C\c1ccco1)C(=O)NC(C)c1ccc(N2CCC(C)CC2)cc1. The van der Waals surface area contributed by atoms with Gasteiger partial charge in [-0.25, -0.2) is 0 Å². The van der Waals surface area contributed by atoms with Crippen molar-refractivity contribution in [2.75, 3.05) is 18.0 Å². The molecule has 0 saturated carbocycles. The fraction of sp³-hybridized carbons (Fsp3) is 0.310. The van der Waals surface area contributed by atoms with Gasteiger partial charge in [0.05, 0.1) is 12.3 Å². The normalized spacial score (nSPS) is 15.5. The largest absolute Gasteiger partial charge is 0.465 e. The van der Waals surface area contributed by atoms with E-state index in [1.54, 1.807) is 30.3 Å². The van der Waals surface area contributed by atoms with E-state index in [-0.39, 0.29) is 23.6 Å². The van der Waals surface area contributed by atoms with Crippen molar-refractivity contribution in [1.29, 1.82) is 0 Å². The summed E-state index contributed by atoms with van der Waals surface area (Å²) in [5, 5.41) is 5.78. The zero-order chi connectivity index (χ0) is 24.8. The third kappa shape index (κ3) is 6.21. The van der Waals surface area contributed by atoms with Crippen LogP contribution in [-0.4, -0.2) is 24.9 Å². The Balaban J connectivity index is 1.46. The van der Waals surface area contributed by atoms with Gasteiger partial charge in [0.15, 0.2) is 0 Å². The van der Waals surface area contributed by atoms with Gasteiger partial charge < -0.3 is 20.0 Å². The number of nitrogens with zero attached hydrogens (tertiary/aromatic N) is 1.